The average Bonchev–Trinajstić information content (AvgIpc) is 2.63. The van der Waals surface area contributed by atoms with Crippen LogP contribution in [0, 0.1) is 0 Å². The van der Waals surface area contributed by atoms with Gasteiger partial charge >= 0.3 is 6.09 Å². The van der Waals surface area contributed by atoms with Gasteiger partial charge < -0.3 is 14.7 Å². The Morgan fingerprint density at radius 2 is 1.84 bits per heavy atom. The smallest absolute Gasteiger partial charge is 0.410 e. The number of fused-ring (bicyclic) bond motifs is 1. The van der Waals surface area contributed by atoms with Gasteiger partial charge in [-0.2, -0.15) is 0 Å². The number of carbonyl (C=O) groups is 1. The fourth-order valence-corrected chi connectivity index (χ4v) is 4.33. The molecule has 1 atom stereocenters. The molecule has 1 aliphatic heterocycles. The number of nitrogens with zero attached hydrogens (tertiary/aromatic N) is 1. The molecule has 0 aromatic heterocycles. The Bertz CT molecular complexity index is 774. The van der Waals surface area contributed by atoms with Gasteiger partial charge in [0.2, 0.25) is 0 Å². The molecule has 1 saturated heterocycles. The monoisotopic (exact) mass is 339 g/mol. The van der Waals surface area contributed by atoms with E-state index < -0.39 is 0 Å². The molecule has 2 aromatic carbocycles. The standard InChI is InChI=1S/C21H25NO3/c1-15(18-8-4-6-16-5-2-3-7-19(16)18)22-14-13-21(25-20(22)24)11-9-17(23)10-12-21/h2-8,15,17,23H,9-14H2,1H3/t15-,17-,21-/m0/s1. The third-order valence-corrected chi connectivity index (χ3v) is 5.95. The van der Waals surface area contributed by atoms with Crippen LogP contribution in [0.4, 0.5) is 4.79 Å². The van der Waals surface area contributed by atoms with Crippen molar-refractivity contribution in [3.8, 4) is 0 Å². The first kappa shape index (κ1) is 16.4. The second-order valence-corrected chi connectivity index (χ2v) is 7.47. The minimum Gasteiger partial charge on any atom is -0.443 e. The highest BCUT2D eigenvalue weighted by Gasteiger charge is 2.44. The van der Waals surface area contributed by atoms with Gasteiger partial charge in [0.1, 0.15) is 5.60 Å². The van der Waals surface area contributed by atoms with E-state index in [-0.39, 0.29) is 23.8 Å². The molecule has 1 aliphatic carbocycles. The van der Waals surface area contributed by atoms with Gasteiger partial charge in [-0.05, 0) is 48.9 Å². The maximum absolute atomic E-state index is 12.7. The molecule has 1 saturated carbocycles. The molecule has 1 N–H and O–H groups in total. The van der Waals surface area contributed by atoms with Crippen molar-refractivity contribution in [1.29, 1.82) is 0 Å². The number of aliphatic hydroxyl groups excluding tert-OH is 1. The van der Waals surface area contributed by atoms with Crippen molar-refractivity contribution in [2.45, 2.75) is 56.8 Å². The average molecular weight is 339 g/mol. The maximum atomic E-state index is 12.7. The van der Waals surface area contributed by atoms with Crippen molar-refractivity contribution >= 4 is 16.9 Å². The molecule has 1 amide bonds. The van der Waals surface area contributed by atoms with E-state index in [9.17, 15) is 9.90 Å². The number of benzene rings is 2. The molecular formula is C21H25NO3. The Kier molecular flexibility index (Phi) is 4.16. The zero-order valence-corrected chi connectivity index (χ0v) is 14.6. The highest BCUT2D eigenvalue weighted by atomic mass is 16.6. The van der Waals surface area contributed by atoms with E-state index in [0.717, 1.165) is 37.7 Å². The second-order valence-electron chi connectivity index (χ2n) is 7.47. The molecule has 25 heavy (non-hydrogen) atoms. The van der Waals surface area contributed by atoms with E-state index in [1.807, 2.05) is 23.1 Å². The largest absolute Gasteiger partial charge is 0.443 e. The quantitative estimate of drug-likeness (QED) is 0.881. The lowest BCUT2D eigenvalue weighted by molar-refractivity contribution is -0.0907. The van der Waals surface area contributed by atoms with Crippen LogP contribution in [0.2, 0.25) is 0 Å². The molecule has 0 unspecified atom stereocenters. The molecule has 4 nitrogen and oxygen atoms in total. The van der Waals surface area contributed by atoms with Crippen LogP contribution in [0.25, 0.3) is 10.8 Å². The van der Waals surface area contributed by atoms with Crippen molar-refractivity contribution in [3.05, 3.63) is 48.0 Å². The minimum absolute atomic E-state index is 0.0230. The van der Waals surface area contributed by atoms with Crippen LogP contribution in [-0.2, 0) is 4.74 Å². The molecule has 132 valence electrons. The predicted molar refractivity (Wildman–Crippen MR) is 97.4 cm³/mol. The number of carbonyl (C=O) groups excluding carboxylic acids is 1. The van der Waals surface area contributed by atoms with Crippen molar-refractivity contribution in [2.75, 3.05) is 6.54 Å². The lowest BCUT2D eigenvalue weighted by Crippen LogP contribution is -2.52. The molecule has 0 radical (unpaired) electrons. The highest BCUT2D eigenvalue weighted by Crippen LogP contribution is 2.40. The Balaban J connectivity index is 1.55. The molecule has 2 aliphatic rings. The fraction of sp³-hybridized carbons (Fsp3) is 0.476. The van der Waals surface area contributed by atoms with E-state index >= 15 is 0 Å². The number of amides is 1. The van der Waals surface area contributed by atoms with E-state index in [2.05, 4.69) is 31.2 Å². The van der Waals surface area contributed by atoms with E-state index in [0.29, 0.717) is 6.54 Å². The van der Waals surface area contributed by atoms with Crippen molar-refractivity contribution in [2.24, 2.45) is 0 Å². The molecular weight excluding hydrogens is 314 g/mol. The van der Waals surface area contributed by atoms with Crippen LogP contribution < -0.4 is 0 Å². The summed E-state index contributed by atoms with van der Waals surface area (Å²) in [7, 11) is 0. The van der Waals surface area contributed by atoms with Crippen LogP contribution in [0.15, 0.2) is 42.5 Å². The molecule has 1 heterocycles. The normalized spacial score (nSPS) is 28.2. The lowest BCUT2D eigenvalue weighted by Gasteiger charge is -2.45. The molecule has 2 fully saturated rings. The van der Waals surface area contributed by atoms with Crippen molar-refractivity contribution in [1.82, 2.24) is 4.90 Å². The van der Waals surface area contributed by atoms with Crippen LogP contribution in [0.5, 0.6) is 0 Å². The fourth-order valence-electron chi connectivity index (χ4n) is 4.33. The Hall–Kier alpha value is -2.07. The summed E-state index contributed by atoms with van der Waals surface area (Å²) in [6.45, 7) is 2.78. The van der Waals surface area contributed by atoms with Crippen LogP contribution in [0.1, 0.15) is 50.6 Å². The van der Waals surface area contributed by atoms with E-state index in [1.54, 1.807) is 0 Å². The van der Waals surface area contributed by atoms with Gasteiger partial charge in [-0.1, -0.05) is 42.5 Å². The van der Waals surface area contributed by atoms with Crippen LogP contribution in [0.3, 0.4) is 0 Å². The number of hydrogen-bond donors (Lipinski definition) is 1. The van der Waals surface area contributed by atoms with Gasteiger partial charge in [0.15, 0.2) is 0 Å². The van der Waals surface area contributed by atoms with Gasteiger partial charge in [-0.3, -0.25) is 0 Å². The molecule has 1 spiro atoms. The van der Waals surface area contributed by atoms with Gasteiger partial charge in [-0.15, -0.1) is 0 Å². The summed E-state index contributed by atoms with van der Waals surface area (Å²) in [5.41, 5.74) is 0.802. The summed E-state index contributed by atoms with van der Waals surface area (Å²) in [5, 5.41) is 12.1. The van der Waals surface area contributed by atoms with Gasteiger partial charge in [-0.25, -0.2) is 4.79 Å². The maximum Gasteiger partial charge on any atom is 0.410 e. The minimum atomic E-state index is -0.356. The SMILES string of the molecule is C[C@@H](c1cccc2ccccc12)N1CC[C@]2(CC[C@@H](O)CC2)OC1=O. The Labute approximate surface area is 148 Å². The zero-order chi connectivity index (χ0) is 17.4. The molecule has 2 aromatic rings. The number of hydrogen-bond acceptors (Lipinski definition) is 3. The molecule has 0 bridgehead atoms. The summed E-state index contributed by atoms with van der Waals surface area (Å²) in [4.78, 5) is 14.6. The summed E-state index contributed by atoms with van der Waals surface area (Å²) in [6.07, 6.45) is 3.39. The van der Waals surface area contributed by atoms with Gasteiger partial charge in [0.25, 0.3) is 0 Å². The van der Waals surface area contributed by atoms with Gasteiger partial charge in [0, 0.05) is 13.0 Å². The first-order valence-corrected chi connectivity index (χ1v) is 9.23. The molecule has 4 rings (SSSR count). The Morgan fingerprint density at radius 1 is 1.12 bits per heavy atom. The first-order valence-electron chi connectivity index (χ1n) is 9.23. The summed E-state index contributed by atoms with van der Waals surface area (Å²) in [6, 6.07) is 14.5. The first-order chi connectivity index (χ1) is 12.1. The van der Waals surface area contributed by atoms with Crippen molar-refractivity contribution in [3.63, 3.8) is 0 Å². The zero-order valence-electron chi connectivity index (χ0n) is 14.6. The summed E-state index contributed by atoms with van der Waals surface area (Å²) >= 11 is 0. The van der Waals surface area contributed by atoms with Crippen LogP contribution >= 0.6 is 0 Å². The number of ether oxygens (including phenoxy) is 1. The number of aliphatic hydroxyl groups is 1. The molecule has 4 heteroatoms. The predicted octanol–water partition coefficient (Wildman–Crippen LogP) is 4.42. The van der Waals surface area contributed by atoms with E-state index in [1.165, 1.54) is 10.8 Å². The highest BCUT2D eigenvalue weighted by molar-refractivity contribution is 5.86. The van der Waals surface area contributed by atoms with Gasteiger partial charge in [0.05, 0.1) is 12.1 Å². The topological polar surface area (TPSA) is 49.8 Å². The summed E-state index contributed by atoms with van der Waals surface area (Å²) < 4.78 is 5.91. The van der Waals surface area contributed by atoms with Crippen molar-refractivity contribution < 1.29 is 14.6 Å². The second kappa shape index (κ2) is 6.34. The van der Waals surface area contributed by atoms with E-state index in [4.69, 9.17) is 4.74 Å². The third kappa shape index (κ3) is 2.99. The summed E-state index contributed by atoms with van der Waals surface area (Å²) in [5.74, 6) is 0. The van der Waals surface area contributed by atoms with Crippen LogP contribution in [-0.4, -0.2) is 34.3 Å². The number of rotatable bonds is 2. The lowest BCUT2D eigenvalue weighted by atomic mass is 9.80. The third-order valence-electron chi connectivity index (χ3n) is 5.95. The Morgan fingerprint density at radius 3 is 2.60 bits per heavy atom.